The van der Waals surface area contributed by atoms with Crippen LogP contribution in [-0.2, 0) is 0 Å². The first-order valence-electron chi connectivity index (χ1n) is 3.90. The first-order valence-corrected chi connectivity index (χ1v) is 4.27. The van der Waals surface area contributed by atoms with Crippen LogP contribution in [0.1, 0.15) is 19.4 Å². The number of halogens is 1. The van der Waals surface area contributed by atoms with E-state index in [0.29, 0.717) is 6.04 Å². The highest BCUT2D eigenvalue weighted by molar-refractivity contribution is 6.30. The van der Waals surface area contributed by atoms with Gasteiger partial charge in [0.25, 0.3) is 6.04 Å². The molecule has 0 fully saturated rings. The van der Waals surface area contributed by atoms with Gasteiger partial charge in [0.1, 0.15) is 5.56 Å². The molecule has 1 aromatic rings. The Labute approximate surface area is 77.8 Å². The van der Waals surface area contributed by atoms with Crippen molar-refractivity contribution in [3.8, 4) is 6.07 Å². The molecule has 0 spiro atoms. The zero-order valence-corrected chi connectivity index (χ0v) is 7.97. The predicted octanol–water partition coefficient (Wildman–Crippen LogP) is 3.43. The lowest BCUT2D eigenvalue weighted by atomic mass is 10.2. The van der Waals surface area contributed by atoms with Gasteiger partial charge in [0.05, 0.1) is 0 Å². The molecule has 0 unspecified atom stereocenters. The van der Waals surface area contributed by atoms with Gasteiger partial charge in [0.2, 0.25) is 0 Å². The summed E-state index contributed by atoms with van der Waals surface area (Å²) in [5, 5.41) is 0.741. The molecule has 0 atom stereocenters. The first kappa shape index (κ1) is 9.09. The Morgan fingerprint density at radius 2 is 1.83 bits per heavy atom. The van der Waals surface area contributed by atoms with Crippen LogP contribution in [0.4, 0.5) is 0 Å². The molecule has 0 aliphatic carbocycles. The van der Waals surface area contributed by atoms with Gasteiger partial charge in [-0.1, -0.05) is 16.4 Å². The van der Waals surface area contributed by atoms with E-state index >= 15 is 0 Å². The molecule has 2 heteroatoms. The fourth-order valence-electron chi connectivity index (χ4n) is 0.728. The van der Waals surface area contributed by atoms with Crippen LogP contribution in [0.5, 0.6) is 0 Å². The molecule has 1 nitrogen and oxygen atoms in total. The van der Waals surface area contributed by atoms with Crippen molar-refractivity contribution in [2.45, 2.75) is 19.9 Å². The third kappa shape index (κ3) is 2.94. The van der Waals surface area contributed by atoms with Gasteiger partial charge in [0, 0.05) is 18.9 Å². The van der Waals surface area contributed by atoms with Gasteiger partial charge in [-0.3, -0.25) is 0 Å². The molecule has 0 N–H and O–H groups in total. The molecular weight excluding hydrogens is 170 g/mol. The van der Waals surface area contributed by atoms with Crippen LogP contribution in [0.15, 0.2) is 24.3 Å². The van der Waals surface area contributed by atoms with Gasteiger partial charge in [-0.25, -0.2) is 0 Å². The fourth-order valence-corrected chi connectivity index (χ4v) is 0.854. The van der Waals surface area contributed by atoms with Crippen LogP contribution in [0.3, 0.4) is 0 Å². The van der Waals surface area contributed by atoms with Crippen LogP contribution in [0.25, 0.3) is 4.85 Å². The maximum absolute atomic E-state index is 5.72. The summed E-state index contributed by atoms with van der Waals surface area (Å²) in [5.74, 6) is 0. The standard InChI is InChI=1S/C10H11ClN/c1-8(2)12-7-9-3-5-10(11)6-4-9/h3-6,8H,1-2H3/q+1. The molecule has 62 valence electrons. The van der Waals surface area contributed by atoms with E-state index in [4.69, 9.17) is 11.6 Å². The highest BCUT2D eigenvalue weighted by Gasteiger charge is 1.98. The molecule has 0 saturated heterocycles. The van der Waals surface area contributed by atoms with E-state index in [9.17, 15) is 0 Å². The molecule has 0 aromatic heterocycles. The summed E-state index contributed by atoms with van der Waals surface area (Å²) < 4.78 is 0. The minimum absolute atomic E-state index is 0.292. The summed E-state index contributed by atoms with van der Waals surface area (Å²) in [6, 6.07) is 10.7. The monoisotopic (exact) mass is 180 g/mol. The molecule has 0 heterocycles. The summed E-state index contributed by atoms with van der Waals surface area (Å²) in [6.07, 6.45) is 0. The molecule has 0 aliphatic heterocycles. The van der Waals surface area contributed by atoms with Crippen molar-refractivity contribution in [2.75, 3.05) is 0 Å². The van der Waals surface area contributed by atoms with Crippen molar-refractivity contribution in [2.24, 2.45) is 0 Å². The first-order chi connectivity index (χ1) is 5.68. The van der Waals surface area contributed by atoms with Crippen molar-refractivity contribution in [1.82, 2.24) is 0 Å². The number of hydrogen-bond donors (Lipinski definition) is 0. The van der Waals surface area contributed by atoms with Crippen LogP contribution < -0.4 is 0 Å². The average Bonchev–Trinajstić information content (AvgIpc) is 2.03. The highest BCUT2D eigenvalue weighted by Crippen LogP contribution is 2.08. The number of benzene rings is 1. The van der Waals surface area contributed by atoms with E-state index in [0.717, 1.165) is 10.6 Å². The predicted molar refractivity (Wildman–Crippen MR) is 52.9 cm³/mol. The molecule has 0 amide bonds. The van der Waals surface area contributed by atoms with Gasteiger partial charge in [0.15, 0.2) is 0 Å². The largest absolute Gasteiger partial charge is 0.311 e. The number of rotatable bonds is 0. The SMILES string of the molecule is CC(C)[N+]#Cc1ccc(Cl)cc1. The van der Waals surface area contributed by atoms with E-state index in [1.54, 1.807) is 0 Å². The van der Waals surface area contributed by atoms with E-state index in [2.05, 4.69) is 10.9 Å². The quantitative estimate of drug-likeness (QED) is 0.576. The Bertz CT molecular complexity index is 303. The van der Waals surface area contributed by atoms with Crippen LogP contribution in [0, 0.1) is 6.07 Å². The summed E-state index contributed by atoms with van der Waals surface area (Å²) in [4.78, 5) is 4.13. The minimum atomic E-state index is 0.292. The van der Waals surface area contributed by atoms with Crippen LogP contribution in [0.2, 0.25) is 5.02 Å². The Morgan fingerprint density at radius 3 is 2.33 bits per heavy atom. The maximum Gasteiger partial charge on any atom is 0.311 e. The lowest BCUT2D eigenvalue weighted by Crippen LogP contribution is -1.81. The Kier molecular flexibility index (Phi) is 3.13. The molecule has 0 bridgehead atoms. The van der Waals surface area contributed by atoms with Crippen molar-refractivity contribution < 1.29 is 0 Å². The van der Waals surface area contributed by atoms with Crippen LogP contribution >= 0.6 is 11.6 Å². The Hall–Kier alpha value is -1.00. The summed E-state index contributed by atoms with van der Waals surface area (Å²) in [5.41, 5.74) is 0.966. The second-order valence-corrected chi connectivity index (χ2v) is 3.28. The van der Waals surface area contributed by atoms with Gasteiger partial charge >= 0.3 is 6.07 Å². The molecule has 1 rings (SSSR count). The third-order valence-corrected chi connectivity index (χ3v) is 1.55. The lowest BCUT2D eigenvalue weighted by Gasteiger charge is -1.85. The third-order valence-electron chi connectivity index (χ3n) is 1.30. The molecular formula is C10H11ClN+. The molecule has 0 aliphatic rings. The minimum Gasteiger partial charge on any atom is -0.0843 e. The summed E-state index contributed by atoms with van der Waals surface area (Å²) in [6.45, 7) is 4.03. The van der Waals surface area contributed by atoms with Crippen molar-refractivity contribution in [3.05, 3.63) is 39.7 Å². The number of nitrogens with zero attached hydrogens (tertiary/aromatic N) is 1. The zero-order valence-electron chi connectivity index (χ0n) is 7.21. The Balaban J connectivity index is 2.79. The second-order valence-electron chi connectivity index (χ2n) is 2.84. The lowest BCUT2D eigenvalue weighted by molar-refractivity contribution is 0.977. The second kappa shape index (κ2) is 4.13. The molecule has 0 radical (unpaired) electrons. The van der Waals surface area contributed by atoms with Gasteiger partial charge in [-0.05, 0) is 24.3 Å². The summed E-state index contributed by atoms with van der Waals surface area (Å²) >= 11 is 5.72. The highest BCUT2D eigenvalue weighted by atomic mass is 35.5. The van der Waals surface area contributed by atoms with Gasteiger partial charge in [-0.15, -0.1) is 0 Å². The number of hydrogen-bond acceptors (Lipinski definition) is 0. The average molecular weight is 181 g/mol. The smallest absolute Gasteiger partial charge is 0.0843 e. The van der Waals surface area contributed by atoms with E-state index in [1.165, 1.54) is 0 Å². The van der Waals surface area contributed by atoms with Gasteiger partial charge in [-0.2, -0.15) is 0 Å². The zero-order chi connectivity index (χ0) is 8.97. The van der Waals surface area contributed by atoms with Crippen LogP contribution in [-0.4, -0.2) is 6.04 Å². The maximum atomic E-state index is 5.72. The van der Waals surface area contributed by atoms with E-state index < -0.39 is 0 Å². The van der Waals surface area contributed by atoms with E-state index in [-0.39, 0.29) is 0 Å². The normalized spacial score (nSPS) is 9.33. The molecule has 1 aromatic carbocycles. The molecule has 12 heavy (non-hydrogen) atoms. The van der Waals surface area contributed by atoms with E-state index in [1.807, 2.05) is 38.1 Å². The van der Waals surface area contributed by atoms with Crippen molar-refractivity contribution in [1.29, 1.82) is 0 Å². The fraction of sp³-hybridized carbons (Fsp3) is 0.300. The summed E-state index contributed by atoms with van der Waals surface area (Å²) in [7, 11) is 0. The Morgan fingerprint density at radius 1 is 1.25 bits per heavy atom. The van der Waals surface area contributed by atoms with Crippen molar-refractivity contribution >= 4 is 11.6 Å². The topological polar surface area (TPSA) is 4.36 Å². The molecule has 0 saturated carbocycles. The van der Waals surface area contributed by atoms with Gasteiger partial charge < -0.3 is 0 Å². The van der Waals surface area contributed by atoms with Crippen molar-refractivity contribution in [3.63, 3.8) is 0 Å².